The number of allylic oxidation sites excluding steroid dienone is 1. The monoisotopic (exact) mass is 307 g/mol. The van der Waals surface area contributed by atoms with Crippen LogP contribution in [0, 0.1) is 0 Å². The number of rotatable bonds is 6. The maximum Gasteiger partial charge on any atom is 0.144 e. The highest BCUT2D eigenvalue weighted by molar-refractivity contribution is 7.85. The molecule has 4 heteroatoms. The van der Waals surface area contributed by atoms with Gasteiger partial charge in [0.05, 0.1) is 11.9 Å². The van der Waals surface area contributed by atoms with Gasteiger partial charge in [-0.25, -0.2) is 4.21 Å². The van der Waals surface area contributed by atoms with E-state index >= 15 is 0 Å². The highest BCUT2D eigenvalue weighted by atomic mass is 32.2. The zero-order chi connectivity index (χ0) is 16.0. The van der Waals surface area contributed by atoms with Crippen LogP contribution in [0.4, 0.5) is 0 Å². The van der Waals surface area contributed by atoms with Gasteiger partial charge in [0.2, 0.25) is 0 Å². The van der Waals surface area contributed by atoms with Crippen molar-refractivity contribution in [2.24, 2.45) is 4.40 Å². The standard InChI is InChI=1S/C17H25NO2S/c1-13(2)11-15(12-18-21(19)17(3,4)5)14-7-9-16(20-6)10-8-14/h7-10,12,15H,1,11H2,2-6H3/b18-12+/t15?,21-/m1/s1. The van der Waals surface area contributed by atoms with Crippen molar-refractivity contribution in [3.63, 3.8) is 0 Å². The molecule has 0 aliphatic heterocycles. The fourth-order valence-corrected chi connectivity index (χ4v) is 2.34. The molecule has 1 aromatic carbocycles. The van der Waals surface area contributed by atoms with E-state index in [1.54, 1.807) is 13.3 Å². The van der Waals surface area contributed by atoms with Gasteiger partial charge in [-0.1, -0.05) is 17.7 Å². The molecule has 1 aromatic rings. The molecular formula is C17H25NO2S. The molecule has 3 nitrogen and oxygen atoms in total. The molecule has 0 amide bonds. The Balaban J connectivity index is 2.97. The first-order chi connectivity index (χ1) is 9.74. The Morgan fingerprint density at radius 1 is 1.38 bits per heavy atom. The topological polar surface area (TPSA) is 38.7 Å². The Morgan fingerprint density at radius 3 is 2.38 bits per heavy atom. The second-order valence-corrected chi connectivity index (χ2v) is 8.09. The largest absolute Gasteiger partial charge is 0.497 e. The highest BCUT2D eigenvalue weighted by Gasteiger charge is 2.19. The Kier molecular flexibility index (Phi) is 6.34. The molecule has 0 heterocycles. The van der Waals surface area contributed by atoms with E-state index in [0.717, 1.165) is 23.3 Å². The highest BCUT2D eigenvalue weighted by Crippen LogP contribution is 2.24. The molecule has 116 valence electrons. The number of hydrogen-bond donors (Lipinski definition) is 0. The quantitative estimate of drug-likeness (QED) is 0.581. The van der Waals surface area contributed by atoms with Gasteiger partial charge in [0.1, 0.15) is 16.7 Å². The van der Waals surface area contributed by atoms with Gasteiger partial charge in [-0.05, 0) is 51.8 Å². The molecule has 1 rings (SSSR count). The van der Waals surface area contributed by atoms with Gasteiger partial charge in [-0.2, -0.15) is 4.40 Å². The summed E-state index contributed by atoms with van der Waals surface area (Å²) in [6, 6.07) is 7.88. The minimum atomic E-state index is -1.24. The van der Waals surface area contributed by atoms with Crippen LogP contribution in [0.15, 0.2) is 40.8 Å². The molecule has 0 N–H and O–H groups in total. The van der Waals surface area contributed by atoms with E-state index < -0.39 is 11.0 Å². The van der Waals surface area contributed by atoms with Crippen molar-refractivity contribution in [1.29, 1.82) is 0 Å². The second-order valence-electron chi connectivity index (χ2n) is 6.16. The second kappa shape index (κ2) is 7.55. The van der Waals surface area contributed by atoms with Crippen LogP contribution in [-0.2, 0) is 11.0 Å². The van der Waals surface area contributed by atoms with E-state index in [0.29, 0.717) is 0 Å². The molecule has 0 saturated heterocycles. The summed E-state index contributed by atoms with van der Waals surface area (Å²) in [5.74, 6) is 0.905. The SMILES string of the molecule is C=C(C)CC(/C=N/[S@](=O)C(C)(C)C)c1ccc(OC)cc1. The first kappa shape index (κ1) is 17.6. The van der Waals surface area contributed by atoms with Gasteiger partial charge in [-0.15, -0.1) is 6.58 Å². The minimum Gasteiger partial charge on any atom is -0.497 e. The lowest BCUT2D eigenvalue weighted by molar-refractivity contribution is 0.414. The molecular weight excluding hydrogens is 282 g/mol. The number of methoxy groups -OCH3 is 1. The number of benzene rings is 1. The Bertz CT molecular complexity index is 527. The van der Waals surface area contributed by atoms with Gasteiger partial charge in [0, 0.05) is 12.1 Å². The molecule has 0 bridgehead atoms. The summed E-state index contributed by atoms with van der Waals surface area (Å²) < 4.78 is 21.1. The number of ether oxygens (including phenoxy) is 1. The molecule has 0 aliphatic rings. The van der Waals surface area contributed by atoms with Crippen molar-refractivity contribution in [2.75, 3.05) is 7.11 Å². The van der Waals surface area contributed by atoms with E-state index in [1.165, 1.54) is 0 Å². The zero-order valence-electron chi connectivity index (χ0n) is 13.6. The molecule has 0 saturated carbocycles. The summed E-state index contributed by atoms with van der Waals surface area (Å²) in [5.41, 5.74) is 2.19. The third kappa shape index (κ3) is 5.84. The van der Waals surface area contributed by atoms with Crippen molar-refractivity contribution in [3.05, 3.63) is 42.0 Å². The van der Waals surface area contributed by atoms with E-state index in [1.807, 2.05) is 52.0 Å². The van der Waals surface area contributed by atoms with Gasteiger partial charge < -0.3 is 4.74 Å². The maximum absolute atomic E-state index is 12.1. The summed E-state index contributed by atoms with van der Waals surface area (Å²) in [4.78, 5) is 0. The van der Waals surface area contributed by atoms with Crippen LogP contribution in [-0.4, -0.2) is 22.3 Å². The van der Waals surface area contributed by atoms with E-state index in [-0.39, 0.29) is 10.7 Å². The third-order valence-corrected chi connectivity index (χ3v) is 4.33. The summed E-state index contributed by atoms with van der Waals surface area (Å²) in [6.45, 7) is 11.7. The lowest BCUT2D eigenvalue weighted by Gasteiger charge is -2.16. The normalized spacial score (nSPS) is 14.9. The van der Waals surface area contributed by atoms with E-state index in [4.69, 9.17) is 4.74 Å². The van der Waals surface area contributed by atoms with Crippen molar-refractivity contribution in [1.82, 2.24) is 0 Å². The van der Waals surface area contributed by atoms with Gasteiger partial charge in [-0.3, -0.25) is 0 Å². The molecule has 0 fully saturated rings. The van der Waals surface area contributed by atoms with Crippen LogP contribution < -0.4 is 4.74 Å². The van der Waals surface area contributed by atoms with Gasteiger partial charge >= 0.3 is 0 Å². The third-order valence-electron chi connectivity index (χ3n) is 2.97. The molecule has 0 radical (unpaired) electrons. The van der Waals surface area contributed by atoms with Crippen molar-refractivity contribution in [2.45, 2.75) is 44.8 Å². The van der Waals surface area contributed by atoms with Crippen molar-refractivity contribution >= 4 is 17.2 Å². The summed E-state index contributed by atoms with van der Waals surface area (Å²) in [5, 5.41) is 0. The van der Waals surface area contributed by atoms with Crippen LogP contribution in [0.25, 0.3) is 0 Å². The van der Waals surface area contributed by atoms with Crippen molar-refractivity contribution < 1.29 is 8.95 Å². The Morgan fingerprint density at radius 2 is 1.95 bits per heavy atom. The molecule has 0 spiro atoms. The molecule has 1 unspecified atom stereocenters. The fourth-order valence-electron chi connectivity index (χ4n) is 1.77. The molecule has 0 aromatic heterocycles. The summed E-state index contributed by atoms with van der Waals surface area (Å²) in [7, 11) is 0.410. The maximum atomic E-state index is 12.1. The predicted molar refractivity (Wildman–Crippen MR) is 91.6 cm³/mol. The fraction of sp³-hybridized carbons (Fsp3) is 0.471. The van der Waals surface area contributed by atoms with Crippen LogP contribution in [0.3, 0.4) is 0 Å². The van der Waals surface area contributed by atoms with Crippen molar-refractivity contribution in [3.8, 4) is 5.75 Å². The molecule has 0 aliphatic carbocycles. The average Bonchev–Trinajstić information content (AvgIpc) is 2.41. The first-order valence-corrected chi connectivity index (χ1v) is 8.09. The van der Waals surface area contributed by atoms with Crippen LogP contribution >= 0.6 is 0 Å². The predicted octanol–water partition coefficient (Wildman–Crippen LogP) is 4.28. The van der Waals surface area contributed by atoms with Crippen LogP contribution in [0.5, 0.6) is 5.75 Å². The van der Waals surface area contributed by atoms with Gasteiger partial charge in [0.15, 0.2) is 0 Å². The minimum absolute atomic E-state index is 0.0831. The van der Waals surface area contributed by atoms with E-state index in [2.05, 4.69) is 11.0 Å². The summed E-state index contributed by atoms with van der Waals surface area (Å²) in [6.07, 6.45) is 2.58. The average molecular weight is 307 g/mol. The zero-order valence-corrected chi connectivity index (χ0v) is 14.4. The lowest BCUT2D eigenvalue weighted by atomic mass is 9.94. The Labute approximate surface area is 130 Å². The smallest absolute Gasteiger partial charge is 0.144 e. The molecule has 2 atom stereocenters. The van der Waals surface area contributed by atoms with E-state index in [9.17, 15) is 4.21 Å². The number of nitrogens with zero attached hydrogens (tertiary/aromatic N) is 1. The first-order valence-electron chi connectivity index (χ1n) is 6.98. The van der Waals surface area contributed by atoms with Crippen LogP contribution in [0.1, 0.15) is 45.6 Å². The van der Waals surface area contributed by atoms with Crippen LogP contribution in [0.2, 0.25) is 0 Å². The summed E-state index contributed by atoms with van der Waals surface area (Å²) >= 11 is 0. The molecule has 21 heavy (non-hydrogen) atoms. The van der Waals surface area contributed by atoms with Gasteiger partial charge in [0.25, 0.3) is 0 Å². The lowest BCUT2D eigenvalue weighted by Crippen LogP contribution is -2.20. The Hall–Kier alpha value is -1.42. The number of hydrogen-bond acceptors (Lipinski definition) is 2.